The average Bonchev–Trinajstić information content (AvgIpc) is 2.78. The van der Waals surface area contributed by atoms with Gasteiger partial charge in [-0.05, 0) is 35.2 Å². The molecule has 1 aliphatic rings. The van der Waals surface area contributed by atoms with E-state index in [4.69, 9.17) is 4.98 Å². The van der Waals surface area contributed by atoms with Crippen molar-refractivity contribution in [3.8, 4) is 11.3 Å². The van der Waals surface area contributed by atoms with Gasteiger partial charge in [-0.2, -0.15) is 0 Å². The molecule has 0 bridgehead atoms. The van der Waals surface area contributed by atoms with Gasteiger partial charge in [-0.25, -0.2) is 9.97 Å². The first-order valence-corrected chi connectivity index (χ1v) is 9.52. The van der Waals surface area contributed by atoms with Gasteiger partial charge in [0.05, 0.1) is 17.9 Å². The fourth-order valence-electron chi connectivity index (χ4n) is 3.88. The highest BCUT2D eigenvalue weighted by molar-refractivity contribution is 5.72. The molecule has 4 heteroatoms. The molecule has 4 aromatic rings. The van der Waals surface area contributed by atoms with Crippen molar-refractivity contribution in [3.05, 3.63) is 108 Å². The SMILES string of the molecule is c1ccc(C2Cc3cnc(NCc4ccccn4)nc3-c3ccccc32)cc1. The number of anilines is 1. The lowest BCUT2D eigenvalue weighted by Gasteiger charge is -2.27. The summed E-state index contributed by atoms with van der Waals surface area (Å²) >= 11 is 0. The number of nitrogens with one attached hydrogen (secondary N) is 1. The molecular weight excluding hydrogens is 344 g/mol. The second kappa shape index (κ2) is 7.24. The van der Waals surface area contributed by atoms with Crippen LogP contribution in [0.5, 0.6) is 0 Å². The molecule has 0 aliphatic heterocycles. The van der Waals surface area contributed by atoms with Crippen molar-refractivity contribution in [3.63, 3.8) is 0 Å². The summed E-state index contributed by atoms with van der Waals surface area (Å²) in [5, 5.41) is 3.30. The molecule has 2 heterocycles. The Bertz CT molecular complexity index is 1090. The number of aromatic nitrogens is 3. The summed E-state index contributed by atoms with van der Waals surface area (Å²) in [5.74, 6) is 0.971. The molecule has 2 aromatic heterocycles. The Labute approximate surface area is 164 Å². The molecule has 5 rings (SSSR count). The summed E-state index contributed by atoms with van der Waals surface area (Å²) in [6.45, 7) is 0.605. The van der Waals surface area contributed by atoms with E-state index in [0.29, 0.717) is 18.4 Å². The van der Waals surface area contributed by atoms with E-state index in [-0.39, 0.29) is 0 Å². The highest BCUT2D eigenvalue weighted by atomic mass is 15.1. The van der Waals surface area contributed by atoms with Gasteiger partial charge in [-0.1, -0.05) is 60.7 Å². The molecule has 0 radical (unpaired) electrons. The molecule has 4 nitrogen and oxygen atoms in total. The predicted octanol–water partition coefficient (Wildman–Crippen LogP) is 4.84. The van der Waals surface area contributed by atoms with Crippen molar-refractivity contribution in [2.24, 2.45) is 0 Å². The van der Waals surface area contributed by atoms with E-state index in [1.54, 1.807) is 6.20 Å². The molecular formula is C24H20N4. The molecule has 0 amide bonds. The molecule has 1 unspecified atom stereocenters. The van der Waals surface area contributed by atoms with E-state index in [1.807, 2.05) is 24.4 Å². The zero-order valence-corrected chi connectivity index (χ0v) is 15.4. The maximum atomic E-state index is 4.85. The number of pyridine rings is 1. The van der Waals surface area contributed by atoms with Gasteiger partial charge < -0.3 is 5.32 Å². The molecule has 0 spiro atoms. The van der Waals surface area contributed by atoms with Gasteiger partial charge in [0.25, 0.3) is 0 Å². The third kappa shape index (κ3) is 3.14. The van der Waals surface area contributed by atoms with Crippen LogP contribution in [0.25, 0.3) is 11.3 Å². The van der Waals surface area contributed by atoms with E-state index in [1.165, 1.54) is 22.3 Å². The summed E-state index contributed by atoms with van der Waals surface area (Å²) in [6, 6.07) is 25.2. The lowest BCUT2D eigenvalue weighted by Crippen LogP contribution is -2.15. The molecule has 0 saturated heterocycles. The summed E-state index contributed by atoms with van der Waals surface area (Å²) in [7, 11) is 0. The van der Waals surface area contributed by atoms with Crippen LogP contribution in [0.4, 0.5) is 5.95 Å². The first kappa shape index (κ1) is 16.6. The van der Waals surface area contributed by atoms with Crippen LogP contribution < -0.4 is 5.32 Å². The highest BCUT2D eigenvalue weighted by Crippen LogP contribution is 2.41. The first-order valence-electron chi connectivity index (χ1n) is 9.52. The molecule has 28 heavy (non-hydrogen) atoms. The van der Waals surface area contributed by atoms with Crippen molar-refractivity contribution >= 4 is 5.95 Å². The molecule has 2 aromatic carbocycles. The Balaban J connectivity index is 1.49. The largest absolute Gasteiger partial charge is 0.349 e. The smallest absolute Gasteiger partial charge is 0.223 e. The van der Waals surface area contributed by atoms with Gasteiger partial charge in [0.2, 0.25) is 5.95 Å². The Hall–Kier alpha value is -3.53. The summed E-state index contributed by atoms with van der Waals surface area (Å²) in [6.07, 6.45) is 4.68. The Morgan fingerprint density at radius 3 is 2.54 bits per heavy atom. The molecule has 0 saturated carbocycles. The van der Waals surface area contributed by atoms with Gasteiger partial charge in [-0.3, -0.25) is 4.98 Å². The number of rotatable bonds is 4. The topological polar surface area (TPSA) is 50.7 Å². The molecule has 1 N–H and O–H groups in total. The van der Waals surface area contributed by atoms with Crippen LogP contribution in [0.2, 0.25) is 0 Å². The minimum Gasteiger partial charge on any atom is -0.349 e. The van der Waals surface area contributed by atoms with Gasteiger partial charge in [0.15, 0.2) is 0 Å². The maximum absolute atomic E-state index is 4.85. The highest BCUT2D eigenvalue weighted by Gasteiger charge is 2.27. The second-order valence-electron chi connectivity index (χ2n) is 7.00. The Kier molecular flexibility index (Phi) is 4.30. The monoisotopic (exact) mass is 364 g/mol. The Morgan fingerprint density at radius 2 is 1.68 bits per heavy atom. The average molecular weight is 364 g/mol. The van der Waals surface area contributed by atoms with Gasteiger partial charge in [0.1, 0.15) is 0 Å². The van der Waals surface area contributed by atoms with Crippen molar-refractivity contribution in [1.29, 1.82) is 0 Å². The van der Waals surface area contributed by atoms with Crippen molar-refractivity contribution in [2.45, 2.75) is 18.9 Å². The summed E-state index contributed by atoms with van der Waals surface area (Å²) in [5.41, 5.74) is 7.04. The minimum absolute atomic E-state index is 0.334. The lowest BCUT2D eigenvalue weighted by molar-refractivity contribution is 0.781. The van der Waals surface area contributed by atoms with E-state index in [9.17, 15) is 0 Å². The van der Waals surface area contributed by atoms with Crippen LogP contribution in [0.1, 0.15) is 28.3 Å². The molecule has 1 aliphatic carbocycles. The molecule has 0 fully saturated rings. The lowest BCUT2D eigenvalue weighted by atomic mass is 9.78. The summed E-state index contributed by atoms with van der Waals surface area (Å²) in [4.78, 5) is 13.7. The van der Waals surface area contributed by atoms with Gasteiger partial charge in [0, 0.05) is 23.9 Å². The van der Waals surface area contributed by atoms with Crippen LogP contribution in [0.3, 0.4) is 0 Å². The van der Waals surface area contributed by atoms with Crippen molar-refractivity contribution in [1.82, 2.24) is 15.0 Å². The third-order valence-corrected chi connectivity index (χ3v) is 5.24. The van der Waals surface area contributed by atoms with Crippen LogP contribution in [-0.2, 0) is 13.0 Å². The quantitative estimate of drug-likeness (QED) is 0.563. The number of hydrogen-bond acceptors (Lipinski definition) is 4. The van der Waals surface area contributed by atoms with Crippen LogP contribution >= 0.6 is 0 Å². The first-order chi connectivity index (χ1) is 13.9. The van der Waals surface area contributed by atoms with Crippen LogP contribution in [0, 0.1) is 0 Å². The normalized spacial score (nSPS) is 14.8. The van der Waals surface area contributed by atoms with Crippen LogP contribution in [-0.4, -0.2) is 15.0 Å². The van der Waals surface area contributed by atoms with E-state index in [0.717, 1.165) is 17.8 Å². The van der Waals surface area contributed by atoms with E-state index >= 15 is 0 Å². The van der Waals surface area contributed by atoms with E-state index in [2.05, 4.69) is 69.9 Å². The maximum Gasteiger partial charge on any atom is 0.223 e. The van der Waals surface area contributed by atoms with Gasteiger partial charge >= 0.3 is 0 Å². The second-order valence-corrected chi connectivity index (χ2v) is 7.00. The minimum atomic E-state index is 0.334. The third-order valence-electron chi connectivity index (χ3n) is 5.24. The number of nitrogens with zero attached hydrogens (tertiary/aromatic N) is 3. The number of hydrogen-bond donors (Lipinski definition) is 1. The zero-order valence-electron chi connectivity index (χ0n) is 15.4. The van der Waals surface area contributed by atoms with E-state index < -0.39 is 0 Å². The van der Waals surface area contributed by atoms with Crippen molar-refractivity contribution in [2.75, 3.05) is 5.32 Å². The fraction of sp³-hybridized carbons (Fsp3) is 0.125. The standard InChI is InChI=1S/C24H20N4/c1-2-8-17(9-3-1)22-14-18-15-26-24(27-16-19-10-6-7-13-25-19)28-23(18)21-12-5-4-11-20(21)22/h1-13,15,22H,14,16H2,(H,26,27,28). The zero-order chi connectivity index (χ0) is 18.8. The van der Waals surface area contributed by atoms with Crippen LogP contribution in [0.15, 0.2) is 85.2 Å². The van der Waals surface area contributed by atoms with Gasteiger partial charge in [-0.15, -0.1) is 0 Å². The summed E-state index contributed by atoms with van der Waals surface area (Å²) < 4.78 is 0. The molecule has 1 atom stereocenters. The Morgan fingerprint density at radius 1 is 0.857 bits per heavy atom. The molecule has 136 valence electrons. The number of fused-ring (bicyclic) bond motifs is 3. The van der Waals surface area contributed by atoms with Crippen molar-refractivity contribution < 1.29 is 0 Å². The fourth-order valence-corrected chi connectivity index (χ4v) is 3.88. The predicted molar refractivity (Wildman–Crippen MR) is 111 cm³/mol. The number of benzene rings is 2.